The van der Waals surface area contributed by atoms with Crippen LogP contribution in [0, 0.1) is 5.82 Å². The van der Waals surface area contributed by atoms with Gasteiger partial charge < -0.3 is 25.2 Å². The number of hydrogen-bond acceptors (Lipinski definition) is 7. The number of carbonyl (C=O) groups excluding carboxylic acids is 4. The van der Waals surface area contributed by atoms with Crippen molar-refractivity contribution in [1.29, 1.82) is 0 Å². The maximum atomic E-state index is 13.2. The van der Waals surface area contributed by atoms with E-state index in [1.54, 1.807) is 43.3 Å². The van der Waals surface area contributed by atoms with Crippen LogP contribution in [0.25, 0.3) is 0 Å². The number of esters is 1. The third kappa shape index (κ3) is 6.86. The van der Waals surface area contributed by atoms with Crippen LogP contribution in [0.1, 0.15) is 23.7 Å². The van der Waals surface area contributed by atoms with Gasteiger partial charge in [0.05, 0.1) is 25.1 Å². The Morgan fingerprint density at radius 1 is 1.00 bits per heavy atom. The summed E-state index contributed by atoms with van der Waals surface area (Å²) in [6, 6.07) is 11.7. The number of ether oxygens (including phenoxy) is 1. The first-order chi connectivity index (χ1) is 18.3. The van der Waals surface area contributed by atoms with Gasteiger partial charge in [-0.15, -0.1) is 0 Å². The molecule has 0 unspecified atom stereocenters. The Balaban J connectivity index is 1.30. The number of hydrogen-bond donors (Lipinski definition) is 2. The first kappa shape index (κ1) is 27.1. The Labute approximate surface area is 220 Å². The average Bonchev–Trinajstić information content (AvgIpc) is 2.91. The van der Waals surface area contributed by atoms with Gasteiger partial charge in [-0.25, -0.2) is 9.18 Å². The number of rotatable bonds is 8. The quantitative estimate of drug-likeness (QED) is 0.503. The highest BCUT2D eigenvalue weighted by atomic mass is 19.1. The molecular formula is C27H32FN5O5. The van der Waals surface area contributed by atoms with Crippen LogP contribution in [0.4, 0.5) is 15.8 Å². The normalized spacial score (nSPS) is 18.1. The minimum absolute atomic E-state index is 0.151. The zero-order valence-corrected chi connectivity index (χ0v) is 21.3. The fraction of sp³-hybridized carbons (Fsp3) is 0.407. The molecule has 10 nitrogen and oxygen atoms in total. The van der Waals surface area contributed by atoms with Crippen molar-refractivity contribution in [2.24, 2.45) is 0 Å². The van der Waals surface area contributed by atoms with E-state index in [1.807, 2.05) is 4.90 Å². The van der Waals surface area contributed by atoms with Crippen LogP contribution in [0.3, 0.4) is 0 Å². The molecule has 11 heteroatoms. The smallest absolute Gasteiger partial charge is 0.338 e. The average molecular weight is 526 g/mol. The van der Waals surface area contributed by atoms with Crippen molar-refractivity contribution in [2.75, 3.05) is 62.6 Å². The molecule has 0 aliphatic carbocycles. The van der Waals surface area contributed by atoms with Crippen LogP contribution in [0.5, 0.6) is 0 Å². The van der Waals surface area contributed by atoms with E-state index in [4.69, 9.17) is 4.74 Å². The molecule has 2 aromatic carbocycles. The van der Waals surface area contributed by atoms with Gasteiger partial charge in [-0.1, -0.05) is 0 Å². The standard InChI is InChI=1S/C27H32FN5O5/c1-2-38-27(37)19-3-7-21(8-4-19)30-24(34)17-23-26(36)29-11-12-33(23)25(35)18-31-13-15-32(16-14-31)22-9-5-20(28)6-10-22/h3-10,23H,2,11-18H2,1H3,(H,29,36)(H,30,34)/t23-/m0/s1. The highest BCUT2D eigenvalue weighted by Crippen LogP contribution is 2.18. The molecule has 0 radical (unpaired) electrons. The first-order valence-corrected chi connectivity index (χ1v) is 12.7. The van der Waals surface area contributed by atoms with Crippen molar-refractivity contribution >= 4 is 35.1 Å². The molecule has 38 heavy (non-hydrogen) atoms. The van der Waals surface area contributed by atoms with Crippen LogP contribution >= 0.6 is 0 Å². The Hall–Kier alpha value is -3.99. The molecule has 2 aliphatic rings. The van der Waals surface area contributed by atoms with E-state index in [9.17, 15) is 23.6 Å². The highest BCUT2D eigenvalue weighted by molar-refractivity contribution is 5.98. The molecule has 0 aromatic heterocycles. The van der Waals surface area contributed by atoms with Gasteiger partial charge in [-0.3, -0.25) is 19.3 Å². The Morgan fingerprint density at radius 2 is 1.68 bits per heavy atom. The second-order valence-corrected chi connectivity index (χ2v) is 9.18. The van der Waals surface area contributed by atoms with Crippen molar-refractivity contribution < 1.29 is 28.3 Å². The maximum Gasteiger partial charge on any atom is 0.338 e. The lowest BCUT2D eigenvalue weighted by atomic mass is 10.1. The summed E-state index contributed by atoms with van der Waals surface area (Å²) >= 11 is 0. The van der Waals surface area contributed by atoms with Gasteiger partial charge >= 0.3 is 5.97 Å². The molecule has 2 N–H and O–H groups in total. The van der Waals surface area contributed by atoms with Gasteiger partial charge in [0.2, 0.25) is 17.7 Å². The van der Waals surface area contributed by atoms with Gasteiger partial charge in [-0.2, -0.15) is 0 Å². The third-order valence-corrected chi connectivity index (χ3v) is 6.63. The second kappa shape index (κ2) is 12.5. The lowest BCUT2D eigenvalue weighted by Gasteiger charge is -2.39. The summed E-state index contributed by atoms with van der Waals surface area (Å²) in [4.78, 5) is 56.0. The molecule has 1 atom stereocenters. The largest absolute Gasteiger partial charge is 0.462 e. The van der Waals surface area contributed by atoms with E-state index in [0.717, 1.165) is 5.69 Å². The minimum atomic E-state index is -0.907. The molecule has 0 saturated carbocycles. The Kier molecular flexibility index (Phi) is 8.90. The minimum Gasteiger partial charge on any atom is -0.462 e. The van der Waals surface area contributed by atoms with Crippen LogP contribution in [-0.4, -0.2) is 92.0 Å². The van der Waals surface area contributed by atoms with Crippen LogP contribution in [0.15, 0.2) is 48.5 Å². The van der Waals surface area contributed by atoms with Crippen molar-refractivity contribution in [3.05, 3.63) is 59.9 Å². The van der Waals surface area contributed by atoms with Crippen LogP contribution < -0.4 is 15.5 Å². The van der Waals surface area contributed by atoms with E-state index in [-0.39, 0.29) is 37.2 Å². The number of amides is 3. The third-order valence-electron chi connectivity index (χ3n) is 6.63. The summed E-state index contributed by atoms with van der Waals surface area (Å²) in [6.45, 7) is 5.48. The van der Waals surface area contributed by atoms with Crippen molar-refractivity contribution in [1.82, 2.24) is 15.1 Å². The van der Waals surface area contributed by atoms with Gasteiger partial charge in [0.15, 0.2) is 0 Å². The summed E-state index contributed by atoms with van der Waals surface area (Å²) in [5.41, 5.74) is 1.77. The molecule has 2 aliphatic heterocycles. The number of benzene rings is 2. The fourth-order valence-corrected chi connectivity index (χ4v) is 4.61. The molecule has 2 saturated heterocycles. The predicted octanol–water partition coefficient (Wildman–Crippen LogP) is 1.48. The summed E-state index contributed by atoms with van der Waals surface area (Å²) in [7, 11) is 0. The lowest BCUT2D eigenvalue weighted by Crippen LogP contribution is -2.60. The van der Waals surface area contributed by atoms with E-state index in [0.29, 0.717) is 50.5 Å². The first-order valence-electron chi connectivity index (χ1n) is 12.7. The monoisotopic (exact) mass is 525 g/mol. The molecule has 4 rings (SSSR count). The Bertz CT molecular complexity index is 1150. The lowest BCUT2D eigenvalue weighted by molar-refractivity contribution is -0.145. The van der Waals surface area contributed by atoms with Crippen LogP contribution in [-0.2, 0) is 19.1 Å². The summed E-state index contributed by atoms with van der Waals surface area (Å²) < 4.78 is 18.2. The van der Waals surface area contributed by atoms with E-state index >= 15 is 0 Å². The number of nitrogens with one attached hydrogen (secondary N) is 2. The van der Waals surface area contributed by atoms with Gasteiger partial charge in [0.25, 0.3) is 0 Å². The second-order valence-electron chi connectivity index (χ2n) is 9.18. The number of piperazine rings is 2. The number of halogens is 1. The number of carbonyl (C=O) groups is 4. The summed E-state index contributed by atoms with van der Waals surface area (Å²) in [6.07, 6.45) is -0.185. The van der Waals surface area contributed by atoms with Gasteiger partial charge in [0, 0.05) is 50.6 Å². The Morgan fingerprint density at radius 3 is 2.34 bits per heavy atom. The molecule has 2 heterocycles. The highest BCUT2D eigenvalue weighted by Gasteiger charge is 2.35. The van der Waals surface area contributed by atoms with E-state index in [1.165, 1.54) is 17.0 Å². The molecule has 2 fully saturated rings. The fourth-order valence-electron chi connectivity index (χ4n) is 4.61. The maximum absolute atomic E-state index is 13.2. The summed E-state index contributed by atoms with van der Waals surface area (Å²) in [5.74, 6) is -1.71. The zero-order chi connectivity index (χ0) is 27.1. The van der Waals surface area contributed by atoms with Gasteiger partial charge in [0.1, 0.15) is 11.9 Å². The van der Waals surface area contributed by atoms with Crippen molar-refractivity contribution in [3.63, 3.8) is 0 Å². The van der Waals surface area contributed by atoms with Crippen LogP contribution in [0.2, 0.25) is 0 Å². The van der Waals surface area contributed by atoms with E-state index in [2.05, 4.69) is 15.5 Å². The molecule has 2 aromatic rings. The molecule has 0 bridgehead atoms. The number of nitrogens with zero attached hydrogens (tertiary/aromatic N) is 3. The summed E-state index contributed by atoms with van der Waals surface area (Å²) in [5, 5.41) is 5.46. The van der Waals surface area contributed by atoms with Crippen molar-refractivity contribution in [2.45, 2.75) is 19.4 Å². The molecular weight excluding hydrogens is 493 g/mol. The van der Waals surface area contributed by atoms with E-state index < -0.39 is 17.9 Å². The van der Waals surface area contributed by atoms with Gasteiger partial charge in [-0.05, 0) is 55.5 Å². The molecule has 202 valence electrons. The molecule has 0 spiro atoms. The molecule has 3 amide bonds. The SMILES string of the molecule is CCOC(=O)c1ccc(NC(=O)C[C@H]2C(=O)NCCN2C(=O)CN2CCN(c3ccc(F)cc3)CC2)cc1. The topological polar surface area (TPSA) is 111 Å². The predicted molar refractivity (Wildman–Crippen MR) is 139 cm³/mol. The zero-order valence-electron chi connectivity index (χ0n) is 21.3. The number of anilines is 2. The van der Waals surface area contributed by atoms with Crippen molar-refractivity contribution in [3.8, 4) is 0 Å².